The van der Waals surface area contributed by atoms with Gasteiger partial charge in [0, 0.05) is 148 Å². The topological polar surface area (TPSA) is 280 Å². The highest BCUT2D eigenvalue weighted by atomic mass is 79.9. The van der Waals surface area contributed by atoms with Crippen molar-refractivity contribution in [2.45, 2.75) is 7.43 Å². The molecule has 0 bridgehead atoms. The Morgan fingerprint density at radius 1 is 0.506 bits per heavy atom. The van der Waals surface area contributed by atoms with Crippen molar-refractivity contribution in [3.8, 4) is 0 Å². The molecule has 38 heteroatoms. The molecule has 0 aromatic rings. The summed E-state index contributed by atoms with van der Waals surface area (Å²) in [6, 6.07) is 0. The fourth-order valence-electron chi connectivity index (χ4n) is 5.32. The van der Waals surface area contributed by atoms with Gasteiger partial charge in [-0.25, -0.2) is 0 Å². The Kier molecular flexibility index (Phi) is 72.2. The van der Waals surface area contributed by atoms with Crippen molar-refractivity contribution in [2.75, 3.05) is 209 Å². The summed E-state index contributed by atoms with van der Waals surface area (Å²) in [4.78, 5) is 119. The number of hydrogen-bond acceptors (Lipinski definition) is 24. The molecule has 3 heterocycles. The van der Waals surface area contributed by atoms with Gasteiger partial charge in [-0.2, -0.15) is 75.8 Å². The first kappa shape index (κ1) is 89.8. The molecule has 486 valence electrons. The van der Waals surface area contributed by atoms with Crippen molar-refractivity contribution in [3.05, 3.63) is 0 Å². The van der Waals surface area contributed by atoms with Crippen LogP contribution in [0.25, 0.3) is 0 Å². The van der Waals surface area contributed by atoms with Gasteiger partial charge < -0.3 is 62.1 Å². The maximum absolute atomic E-state index is 11.5. The standard InChI is InChI=1S/C8H13BrN2O2S2.C8H15BrN2O2S2.C8H13ClN2O2S2.C8H15ClN2O2S2.C6H12N2OS2.C6H14N2OS2.CH4/c9-5-8(13)11-2-4-15-14-3-1-10-7(12)6-11;9-5-8(13)11(2-4-15)6-7(12)10-1-3-14;9-5-8(13)11-2-4-15-14-3-1-10-7(12)6-11;9-5-8(13)11(2-4-15)6-7(12)10-1-3-14;9-6-5-7-1-3-10-11-4-2-8-6;9-6(8-2-4-11)5-7-1-3-10;/h1-6H2,(H,10,12);14-15H,1-6H2,(H,10,12);1-6H2,(H,10,12);14-15H,1-6H2,(H,10,12);7H,1-5H2,(H,8,9);7,10-11H,1-5H2,(H,8,9);1H4. The normalized spacial score (nSPS) is 14.8. The summed E-state index contributed by atoms with van der Waals surface area (Å²) in [7, 11) is 10.6. The second-order valence-electron chi connectivity index (χ2n) is 15.5. The highest BCUT2D eigenvalue weighted by Gasteiger charge is 2.19. The van der Waals surface area contributed by atoms with Crippen LogP contribution in [0.1, 0.15) is 7.43 Å². The van der Waals surface area contributed by atoms with Crippen LogP contribution in [-0.2, 0) is 47.9 Å². The maximum atomic E-state index is 11.5. The summed E-state index contributed by atoms with van der Waals surface area (Å²) in [6.45, 7) is 8.78. The van der Waals surface area contributed by atoms with Crippen molar-refractivity contribution in [1.29, 1.82) is 0 Å². The highest BCUT2D eigenvalue weighted by molar-refractivity contribution is 9.09. The molecule has 0 aliphatic carbocycles. The van der Waals surface area contributed by atoms with E-state index in [1.54, 1.807) is 48.1 Å². The number of carbonyl (C=O) groups is 10. The molecule has 10 amide bonds. The minimum Gasteiger partial charge on any atom is -0.354 e. The number of rotatable bonds is 22. The lowest BCUT2D eigenvalue weighted by molar-refractivity contribution is -0.133. The van der Waals surface area contributed by atoms with Gasteiger partial charge in [0.25, 0.3) is 0 Å². The Morgan fingerprint density at radius 3 is 1.30 bits per heavy atom. The van der Waals surface area contributed by atoms with E-state index >= 15 is 0 Å². The zero-order valence-electron chi connectivity index (χ0n) is 45.6. The summed E-state index contributed by atoms with van der Waals surface area (Å²) < 4.78 is 0. The second-order valence-corrected chi connectivity index (χ2v) is 28.0. The third-order valence-electron chi connectivity index (χ3n) is 9.13. The number of alkyl halides is 4. The minimum absolute atomic E-state index is 0. The molecule has 3 fully saturated rings. The molecule has 3 aliphatic heterocycles. The Morgan fingerprint density at radius 2 is 0.904 bits per heavy atom. The third-order valence-corrected chi connectivity index (χ3v) is 19.0. The summed E-state index contributed by atoms with van der Waals surface area (Å²) in [5, 5.41) is 22.8. The number of carbonyl (C=O) groups excluding carboxylic acids is 10. The average molecular weight is 1570 g/mol. The van der Waals surface area contributed by atoms with Crippen molar-refractivity contribution in [2.24, 2.45) is 0 Å². The molecule has 0 saturated carbocycles. The lowest BCUT2D eigenvalue weighted by Crippen LogP contribution is -2.43. The van der Waals surface area contributed by atoms with E-state index in [9.17, 15) is 47.9 Å². The molecule has 3 saturated heterocycles. The first-order valence-corrected chi connectivity index (χ1v) is 39.8. The van der Waals surface area contributed by atoms with E-state index < -0.39 is 0 Å². The molecule has 0 unspecified atom stereocenters. The summed E-state index contributed by atoms with van der Waals surface area (Å²) in [6.07, 6.45) is 0. The van der Waals surface area contributed by atoms with E-state index in [4.69, 9.17) is 23.2 Å². The first-order valence-electron chi connectivity index (χ1n) is 25.2. The van der Waals surface area contributed by atoms with Crippen LogP contribution < -0.4 is 42.5 Å². The smallest absolute Gasteiger partial charge is 0.239 e. The largest absolute Gasteiger partial charge is 0.354 e. The fourth-order valence-corrected chi connectivity index (χ4v) is 13.0. The van der Waals surface area contributed by atoms with E-state index in [0.717, 1.165) is 59.9 Å². The Labute approximate surface area is 575 Å². The molecule has 83 heavy (non-hydrogen) atoms. The number of hydrogen-bond donors (Lipinski definition) is 14. The van der Waals surface area contributed by atoms with Crippen LogP contribution in [0.4, 0.5) is 0 Å². The molecule has 0 aromatic heterocycles. The molecule has 0 spiro atoms. The van der Waals surface area contributed by atoms with Crippen LogP contribution in [-0.4, -0.2) is 288 Å². The number of halogens is 4. The first-order chi connectivity index (χ1) is 39.5. The van der Waals surface area contributed by atoms with Crippen molar-refractivity contribution in [1.82, 2.24) is 62.1 Å². The number of amides is 10. The van der Waals surface area contributed by atoms with E-state index in [-0.39, 0.29) is 115 Å². The lowest BCUT2D eigenvalue weighted by atomic mass is 10.4. The summed E-state index contributed by atoms with van der Waals surface area (Å²) in [5.74, 6) is 8.06. The molecule has 3 aliphatic rings. The monoisotopic (exact) mass is 1570 g/mol. The second kappa shape index (κ2) is 66.8. The van der Waals surface area contributed by atoms with Gasteiger partial charge in [0.15, 0.2) is 0 Å². The predicted octanol–water partition coefficient (Wildman–Crippen LogP) is 1.78. The van der Waals surface area contributed by atoms with Gasteiger partial charge in [-0.3, -0.25) is 47.9 Å². The quantitative estimate of drug-likeness (QED) is 0.0319. The van der Waals surface area contributed by atoms with Gasteiger partial charge >= 0.3 is 0 Å². The Bertz CT molecular complexity index is 1650. The van der Waals surface area contributed by atoms with Crippen molar-refractivity contribution < 1.29 is 47.9 Å². The molecule has 22 nitrogen and oxygen atoms in total. The van der Waals surface area contributed by atoms with E-state index in [1.807, 2.05) is 21.6 Å². The molecule has 0 radical (unpaired) electrons. The lowest BCUT2D eigenvalue weighted by Gasteiger charge is -2.22. The number of nitrogens with one attached hydrogen (secondary N) is 8. The molecule has 0 atom stereocenters. The zero-order chi connectivity index (χ0) is 62.0. The fraction of sp³-hybridized carbons (Fsp3) is 0.778. The van der Waals surface area contributed by atoms with Gasteiger partial charge in [0.2, 0.25) is 59.1 Å². The third kappa shape index (κ3) is 58.5. The highest BCUT2D eigenvalue weighted by Crippen LogP contribution is 2.22. The van der Waals surface area contributed by atoms with Crippen LogP contribution in [0.15, 0.2) is 0 Å². The van der Waals surface area contributed by atoms with Gasteiger partial charge in [0.1, 0.15) is 11.8 Å². The number of nitrogens with zero attached hydrogens (tertiary/aromatic N) is 4. The molecular formula is C45H86Br2Cl2N12O10S12. The van der Waals surface area contributed by atoms with Crippen molar-refractivity contribution >= 4 is 255 Å². The van der Waals surface area contributed by atoms with Crippen LogP contribution in [0.2, 0.25) is 0 Å². The summed E-state index contributed by atoms with van der Waals surface area (Å²) >= 11 is 41.0. The van der Waals surface area contributed by atoms with E-state index in [0.29, 0.717) is 101 Å². The molecule has 0 aromatic carbocycles. The van der Waals surface area contributed by atoms with Gasteiger partial charge in [0.05, 0.1) is 49.9 Å². The van der Waals surface area contributed by atoms with Crippen molar-refractivity contribution in [3.63, 3.8) is 0 Å². The molecule has 8 N–H and O–H groups in total. The van der Waals surface area contributed by atoms with Crippen LogP contribution >= 0.6 is 196 Å². The molecule has 3 rings (SSSR count). The maximum Gasteiger partial charge on any atom is 0.239 e. The van der Waals surface area contributed by atoms with Gasteiger partial charge in [-0.05, 0) is 0 Å². The van der Waals surface area contributed by atoms with E-state index in [2.05, 4.69) is 150 Å². The average Bonchev–Trinajstić information content (AvgIpc) is 3.48. The Balaban J connectivity index is -0.000000452. The molecular weight excluding hydrogens is 1480 g/mol. The predicted molar refractivity (Wildman–Crippen MR) is 384 cm³/mol. The van der Waals surface area contributed by atoms with Crippen LogP contribution in [0.3, 0.4) is 0 Å². The Hall–Kier alpha value is 0.360. The minimum atomic E-state index is -0.258. The number of thiol groups is 6. The van der Waals surface area contributed by atoms with Crippen LogP contribution in [0, 0.1) is 0 Å². The van der Waals surface area contributed by atoms with Gasteiger partial charge in [-0.1, -0.05) is 104 Å². The van der Waals surface area contributed by atoms with Crippen LogP contribution in [0.5, 0.6) is 0 Å². The summed E-state index contributed by atoms with van der Waals surface area (Å²) in [5.41, 5.74) is 0. The van der Waals surface area contributed by atoms with E-state index in [1.165, 1.54) is 14.7 Å². The SMILES string of the molecule is C.O=C(CN(CCS)C(=O)CBr)NCCS.O=C(CN(CCS)C(=O)CCl)NCCS.O=C(CNCCS)NCCS.O=C1CN(C(=O)CBr)CCSSCCN1.O=C1CN(C(=O)CCl)CCSSCCN1.O=C1CNCCSSCCN1. The zero-order valence-corrected chi connectivity index (χ0v) is 60.5. The van der Waals surface area contributed by atoms with Gasteiger partial charge in [-0.15, -0.1) is 23.2 Å².